The van der Waals surface area contributed by atoms with Gasteiger partial charge in [-0.15, -0.1) is 0 Å². The van der Waals surface area contributed by atoms with Crippen LogP contribution in [0.15, 0.2) is 0 Å². The van der Waals surface area contributed by atoms with Crippen molar-refractivity contribution in [1.82, 2.24) is 4.31 Å². The molecule has 4 nitrogen and oxygen atoms in total. The van der Waals surface area contributed by atoms with E-state index in [1.165, 1.54) is 10.6 Å². The van der Waals surface area contributed by atoms with Gasteiger partial charge in [-0.2, -0.15) is 0 Å². The molecule has 1 aliphatic heterocycles. The van der Waals surface area contributed by atoms with Crippen LogP contribution in [0, 0.1) is 5.41 Å². The number of nitrogens with zero attached hydrogens (tertiary/aromatic N) is 1. The quantitative estimate of drug-likeness (QED) is 0.660. The predicted octanol–water partition coefficient (Wildman–Crippen LogP) is 0.0388. The summed E-state index contributed by atoms with van der Waals surface area (Å²) in [5, 5.41) is 9.60. The number of aliphatic hydroxyl groups excluding tert-OH is 1. The number of sulfonamides is 1. The summed E-state index contributed by atoms with van der Waals surface area (Å²) >= 11 is 0. The minimum absolute atomic E-state index is 0.332. The maximum Gasteiger partial charge on any atom is 0.211 e. The highest BCUT2D eigenvalue weighted by atomic mass is 32.2. The van der Waals surface area contributed by atoms with Crippen molar-refractivity contribution in [2.24, 2.45) is 5.41 Å². The van der Waals surface area contributed by atoms with Crippen LogP contribution in [0.4, 0.5) is 0 Å². The molecule has 1 fully saturated rings. The van der Waals surface area contributed by atoms with Crippen molar-refractivity contribution >= 4 is 10.0 Å². The Kier molecular flexibility index (Phi) is 2.71. The Morgan fingerprint density at radius 2 is 2.00 bits per heavy atom. The van der Waals surface area contributed by atoms with Gasteiger partial charge in [0.2, 0.25) is 10.0 Å². The zero-order valence-corrected chi connectivity index (χ0v) is 9.13. The van der Waals surface area contributed by atoms with Gasteiger partial charge < -0.3 is 5.11 Å². The largest absolute Gasteiger partial charge is 0.392 e. The second-order valence-electron chi connectivity index (χ2n) is 4.39. The Morgan fingerprint density at radius 1 is 1.46 bits per heavy atom. The molecule has 1 aliphatic rings. The summed E-state index contributed by atoms with van der Waals surface area (Å²) in [6.45, 7) is 4.61. The van der Waals surface area contributed by atoms with E-state index in [-0.39, 0.29) is 5.41 Å². The van der Waals surface area contributed by atoms with Gasteiger partial charge in [0.25, 0.3) is 0 Å². The van der Waals surface area contributed by atoms with E-state index in [2.05, 4.69) is 0 Å². The summed E-state index contributed by atoms with van der Waals surface area (Å²) < 4.78 is 23.9. The molecule has 0 aromatic heterocycles. The molecule has 1 N–H and O–H groups in total. The van der Waals surface area contributed by atoms with Gasteiger partial charge in [-0.1, -0.05) is 13.8 Å². The molecule has 1 heterocycles. The van der Waals surface area contributed by atoms with Crippen LogP contribution >= 0.6 is 0 Å². The minimum Gasteiger partial charge on any atom is -0.392 e. The van der Waals surface area contributed by atoms with Crippen molar-refractivity contribution in [3.05, 3.63) is 0 Å². The molecule has 1 rings (SSSR count). The number of rotatable bonds is 1. The van der Waals surface area contributed by atoms with Crippen LogP contribution in [0.3, 0.4) is 0 Å². The standard InChI is InChI=1S/C8H17NO3S/c1-8(2)6-9(13(3,11)12)5-4-7(8)10/h7,10H,4-6H2,1-3H3. The third-order valence-corrected chi connectivity index (χ3v) is 3.86. The first-order valence-electron chi connectivity index (χ1n) is 4.37. The van der Waals surface area contributed by atoms with Crippen molar-refractivity contribution < 1.29 is 13.5 Å². The number of piperidine rings is 1. The normalized spacial score (nSPS) is 30.3. The first kappa shape index (κ1) is 10.9. The van der Waals surface area contributed by atoms with Gasteiger partial charge in [-0.05, 0) is 6.42 Å². The Labute approximate surface area is 79.6 Å². The van der Waals surface area contributed by atoms with E-state index in [9.17, 15) is 13.5 Å². The fraction of sp³-hybridized carbons (Fsp3) is 1.00. The van der Waals surface area contributed by atoms with Gasteiger partial charge in [0.1, 0.15) is 0 Å². The molecule has 0 saturated carbocycles. The molecule has 1 atom stereocenters. The van der Waals surface area contributed by atoms with Crippen LogP contribution in [0.2, 0.25) is 0 Å². The van der Waals surface area contributed by atoms with E-state index in [0.29, 0.717) is 19.5 Å². The molecule has 13 heavy (non-hydrogen) atoms. The Morgan fingerprint density at radius 3 is 2.38 bits per heavy atom. The van der Waals surface area contributed by atoms with Crippen molar-refractivity contribution in [1.29, 1.82) is 0 Å². The van der Waals surface area contributed by atoms with Crippen LogP contribution in [0.5, 0.6) is 0 Å². The SMILES string of the molecule is CC1(C)CN(S(C)(=O)=O)CCC1O. The fourth-order valence-electron chi connectivity index (χ4n) is 1.58. The first-order valence-corrected chi connectivity index (χ1v) is 6.21. The maximum absolute atomic E-state index is 11.2. The third kappa shape index (κ3) is 2.42. The number of hydrogen-bond acceptors (Lipinski definition) is 3. The lowest BCUT2D eigenvalue weighted by molar-refractivity contribution is -0.000130. The highest BCUT2D eigenvalue weighted by Crippen LogP contribution is 2.29. The molecule has 0 amide bonds. The molecule has 0 aromatic carbocycles. The molecule has 1 unspecified atom stereocenters. The predicted molar refractivity (Wildman–Crippen MR) is 50.8 cm³/mol. The second-order valence-corrected chi connectivity index (χ2v) is 6.37. The van der Waals surface area contributed by atoms with Crippen LogP contribution < -0.4 is 0 Å². The van der Waals surface area contributed by atoms with E-state index in [4.69, 9.17) is 0 Å². The number of hydrogen-bond donors (Lipinski definition) is 1. The van der Waals surface area contributed by atoms with Gasteiger partial charge in [0.15, 0.2) is 0 Å². The molecule has 0 spiro atoms. The summed E-state index contributed by atoms with van der Waals surface area (Å²) in [7, 11) is -3.10. The summed E-state index contributed by atoms with van der Waals surface area (Å²) in [5.74, 6) is 0. The van der Waals surface area contributed by atoms with Gasteiger partial charge in [-0.3, -0.25) is 0 Å². The average Bonchev–Trinajstić information content (AvgIpc) is 1.92. The molecular formula is C8H17NO3S. The highest BCUT2D eigenvalue weighted by Gasteiger charge is 2.37. The molecule has 5 heteroatoms. The zero-order valence-electron chi connectivity index (χ0n) is 8.32. The molecule has 0 aliphatic carbocycles. The third-order valence-electron chi connectivity index (χ3n) is 2.61. The topological polar surface area (TPSA) is 57.6 Å². The van der Waals surface area contributed by atoms with Crippen molar-refractivity contribution in [3.8, 4) is 0 Å². The molecular weight excluding hydrogens is 190 g/mol. The lowest BCUT2D eigenvalue weighted by atomic mass is 9.82. The smallest absolute Gasteiger partial charge is 0.211 e. The van der Waals surface area contributed by atoms with Gasteiger partial charge >= 0.3 is 0 Å². The Hall–Kier alpha value is -0.130. The first-order chi connectivity index (χ1) is 5.73. The van der Waals surface area contributed by atoms with Crippen LogP contribution in [-0.4, -0.2) is 43.3 Å². The van der Waals surface area contributed by atoms with Gasteiger partial charge in [-0.25, -0.2) is 12.7 Å². The van der Waals surface area contributed by atoms with Crippen LogP contribution in [-0.2, 0) is 10.0 Å². The summed E-state index contributed by atoms with van der Waals surface area (Å²) in [6.07, 6.45) is 1.34. The molecule has 78 valence electrons. The summed E-state index contributed by atoms with van der Waals surface area (Å²) in [4.78, 5) is 0. The summed E-state index contributed by atoms with van der Waals surface area (Å²) in [6, 6.07) is 0. The van der Waals surface area contributed by atoms with Crippen molar-refractivity contribution in [2.75, 3.05) is 19.3 Å². The molecule has 0 aromatic rings. The van der Waals surface area contributed by atoms with Gasteiger partial charge in [0, 0.05) is 18.5 Å². The van der Waals surface area contributed by atoms with Crippen LogP contribution in [0.1, 0.15) is 20.3 Å². The van der Waals surface area contributed by atoms with E-state index < -0.39 is 16.1 Å². The monoisotopic (exact) mass is 207 g/mol. The van der Waals surface area contributed by atoms with Crippen molar-refractivity contribution in [3.63, 3.8) is 0 Å². The highest BCUT2D eigenvalue weighted by molar-refractivity contribution is 7.88. The maximum atomic E-state index is 11.2. The van der Waals surface area contributed by atoms with Crippen LogP contribution in [0.25, 0.3) is 0 Å². The Bertz CT molecular complexity index is 284. The minimum atomic E-state index is -3.10. The summed E-state index contributed by atoms with van der Waals surface area (Å²) in [5.41, 5.74) is -0.332. The number of aliphatic hydroxyl groups is 1. The molecule has 0 radical (unpaired) electrons. The van der Waals surface area contributed by atoms with E-state index >= 15 is 0 Å². The van der Waals surface area contributed by atoms with E-state index in [1.807, 2.05) is 13.8 Å². The molecule has 1 saturated heterocycles. The lowest BCUT2D eigenvalue weighted by Gasteiger charge is -2.40. The molecule has 0 bridgehead atoms. The van der Waals surface area contributed by atoms with E-state index in [1.54, 1.807) is 0 Å². The van der Waals surface area contributed by atoms with Gasteiger partial charge in [0.05, 0.1) is 12.4 Å². The fourth-order valence-corrected chi connectivity index (χ4v) is 2.58. The zero-order chi connectivity index (χ0) is 10.3. The Balaban J connectivity index is 2.78. The van der Waals surface area contributed by atoms with Crippen molar-refractivity contribution in [2.45, 2.75) is 26.4 Å². The lowest BCUT2D eigenvalue weighted by Crippen LogP contribution is -2.50. The average molecular weight is 207 g/mol. The van der Waals surface area contributed by atoms with E-state index in [0.717, 1.165) is 0 Å². The second kappa shape index (κ2) is 3.22.